The van der Waals surface area contributed by atoms with Gasteiger partial charge in [0.15, 0.2) is 0 Å². The van der Waals surface area contributed by atoms with Crippen LogP contribution in [0.1, 0.15) is 19.4 Å². The number of benzene rings is 3. The van der Waals surface area contributed by atoms with Gasteiger partial charge in [-0.1, -0.05) is 6.92 Å². The quantitative estimate of drug-likeness (QED) is 0.273. The second-order valence-corrected chi connectivity index (χ2v) is 11.1. The Morgan fingerprint density at radius 2 is 1.51 bits per heavy atom. The minimum Gasteiger partial charge on any atom is -0.497 e. The van der Waals surface area contributed by atoms with E-state index in [0.29, 0.717) is 46.4 Å². The highest BCUT2D eigenvalue weighted by Gasteiger charge is 2.32. The highest BCUT2D eigenvalue weighted by atomic mass is 16.5. The fourth-order valence-corrected chi connectivity index (χ4v) is 4.94. The molecule has 3 aromatic carbocycles. The van der Waals surface area contributed by atoms with Crippen molar-refractivity contribution < 1.29 is 33.7 Å². The number of amides is 5. The zero-order chi connectivity index (χ0) is 32.5. The Morgan fingerprint density at radius 3 is 2.09 bits per heavy atom. The molecule has 4 N–H and O–H groups in total. The zero-order valence-corrected chi connectivity index (χ0v) is 26.2. The topological polar surface area (TPSA) is 142 Å². The Hall–Kier alpha value is -4.97. The maximum atomic E-state index is 13.5. The van der Waals surface area contributed by atoms with Crippen molar-refractivity contribution in [3.05, 3.63) is 72.3 Å². The van der Waals surface area contributed by atoms with E-state index in [1.807, 2.05) is 6.92 Å². The largest absolute Gasteiger partial charge is 0.497 e. The van der Waals surface area contributed by atoms with Crippen molar-refractivity contribution in [1.29, 1.82) is 0 Å². The fraction of sp³-hybridized carbons (Fsp3) is 0.364. The molecule has 3 aromatic rings. The molecule has 45 heavy (non-hydrogen) atoms. The minimum absolute atomic E-state index is 0.00251. The average Bonchev–Trinajstić information content (AvgIpc) is 3.08. The summed E-state index contributed by atoms with van der Waals surface area (Å²) in [7, 11) is 4.82. The van der Waals surface area contributed by atoms with Gasteiger partial charge < -0.3 is 45.1 Å². The summed E-state index contributed by atoms with van der Waals surface area (Å²) >= 11 is 0. The number of hydrogen-bond donors (Lipinski definition) is 4. The van der Waals surface area contributed by atoms with Crippen molar-refractivity contribution in [2.75, 3.05) is 56.9 Å². The SMILES string of the molecule is COc1ccc(NC(=O)Nc2ccc3c(c2)CC(=O)N([C@@H](C)CO)C[C@@H](C)[C@@H](CN(C)C(=O)Nc2ccc(OC)cc2)O3)cc1. The molecule has 1 heterocycles. The molecule has 0 saturated carbocycles. The van der Waals surface area contributed by atoms with Gasteiger partial charge in [-0.2, -0.15) is 0 Å². The number of rotatable bonds is 9. The third-order valence-corrected chi connectivity index (χ3v) is 7.66. The van der Waals surface area contributed by atoms with Crippen LogP contribution in [0.25, 0.3) is 0 Å². The molecule has 1 aliphatic rings. The summed E-state index contributed by atoms with van der Waals surface area (Å²) in [6.45, 7) is 4.09. The monoisotopic (exact) mass is 619 g/mol. The number of urea groups is 2. The van der Waals surface area contributed by atoms with Crippen molar-refractivity contribution in [2.45, 2.75) is 32.4 Å². The van der Waals surface area contributed by atoms with Crippen molar-refractivity contribution in [3.63, 3.8) is 0 Å². The van der Waals surface area contributed by atoms with Crippen LogP contribution in [0.2, 0.25) is 0 Å². The van der Waals surface area contributed by atoms with Gasteiger partial charge in [0.1, 0.15) is 23.4 Å². The number of hydrogen-bond acceptors (Lipinski definition) is 7. The molecule has 0 fully saturated rings. The smallest absolute Gasteiger partial charge is 0.323 e. The summed E-state index contributed by atoms with van der Waals surface area (Å²) in [6, 6.07) is 17.9. The molecule has 0 aromatic heterocycles. The van der Waals surface area contributed by atoms with E-state index < -0.39 is 18.2 Å². The molecule has 0 aliphatic carbocycles. The molecular weight excluding hydrogens is 578 g/mol. The molecule has 12 nitrogen and oxygen atoms in total. The van der Waals surface area contributed by atoms with Crippen molar-refractivity contribution in [1.82, 2.24) is 9.80 Å². The van der Waals surface area contributed by atoms with Crippen LogP contribution >= 0.6 is 0 Å². The van der Waals surface area contributed by atoms with E-state index in [2.05, 4.69) is 16.0 Å². The molecule has 5 amide bonds. The number of carbonyl (C=O) groups excluding carboxylic acids is 3. The lowest BCUT2D eigenvalue weighted by atomic mass is 10.0. The lowest BCUT2D eigenvalue weighted by Crippen LogP contribution is -2.48. The molecule has 3 atom stereocenters. The summed E-state index contributed by atoms with van der Waals surface area (Å²) in [5.74, 6) is 1.45. The van der Waals surface area contributed by atoms with Crippen LogP contribution in [0.4, 0.5) is 26.7 Å². The van der Waals surface area contributed by atoms with Gasteiger partial charge in [0.05, 0.1) is 39.8 Å². The van der Waals surface area contributed by atoms with E-state index in [0.717, 1.165) is 0 Å². The van der Waals surface area contributed by atoms with Crippen LogP contribution in [0.15, 0.2) is 66.7 Å². The Balaban J connectivity index is 1.53. The van der Waals surface area contributed by atoms with Crippen LogP contribution in [0.3, 0.4) is 0 Å². The normalized spacial score (nSPS) is 16.9. The Kier molecular flexibility index (Phi) is 11.1. The molecule has 12 heteroatoms. The maximum absolute atomic E-state index is 13.5. The number of aliphatic hydroxyl groups excluding tert-OH is 1. The third-order valence-electron chi connectivity index (χ3n) is 7.66. The number of aliphatic hydroxyl groups is 1. The number of likely N-dealkylation sites (N-methyl/N-ethyl adjacent to an activating group) is 1. The number of nitrogens with zero attached hydrogens (tertiary/aromatic N) is 2. The van der Waals surface area contributed by atoms with Gasteiger partial charge in [-0.05, 0) is 73.7 Å². The second-order valence-electron chi connectivity index (χ2n) is 11.1. The standard InChI is InChI=1S/C33H41N5O7/c1-21-18-38(22(2)20-39)31(40)17-23-16-26(35-32(41)34-24-6-11-27(43-4)12-7-24)10-15-29(23)45-30(21)19-37(3)33(42)36-25-8-13-28(44-5)14-9-25/h6-16,21-22,30,39H,17-20H2,1-5H3,(H,36,42)(H2,34,35,41)/t21-,22+,30-/m1/s1. The van der Waals surface area contributed by atoms with Gasteiger partial charge in [-0.25, -0.2) is 9.59 Å². The van der Waals surface area contributed by atoms with E-state index in [1.165, 1.54) is 4.90 Å². The van der Waals surface area contributed by atoms with E-state index in [-0.39, 0.29) is 37.4 Å². The van der Waals surface area contributed by atoms with Gasteiger partial charge >= 0.3 is 12.1 Å². The Labute approximate surface area is 263 Å². The summed E-state index contributed by atoms with van der Waals surface area (Å²) < 4.78 is 16.8. The fourth-order valence-electron chi connectivity index (χ4n) is 4.94. The van der Waals surface area contributed by atoms with Crippen molar-refractivity contribution in [2.24, 2.45) is 5.92 Å². The predicted molar refractivity (Wildman–Crippen MR) is 172 cm³/mol. The molecule has 4 rings (SSSR count). The van der Waals surface area contributed by atoms with Gasteiger partial charge in [0.2, 0.25) is 5.91 Å². The van der Waals surface area contributed by atoms with Crippen LogP contribution in [0.5, 0.6) is 17.2 Å². The molecule has 0 bridgehead atoms. The highest BCUT2D eigenvalue weighted by molar-refractivity contribution is 6.00. The number of methoxy groups -OCH3 is 2. The molecule has 1 aliphatic heterocycles. The van der Waals surface area contributed by atoms with E-state index >= 15 is 0 Å². The van der Waals surface area contributed by atoms with Gasteiger partial charge in [-0.15, -0.1) is 0 Å². The summed E-state index contributed by atoms with van der Waals surface area (Å²) in [5.41, 5.74) is 2.24. The van der Waals surface area contributed by atoms with E-state index in [9.17, 15) is 19.5 Å². The van der Waals surface area contributed by atoms with Crippen LogP contribution in [-0.4, -0.2) is 86.0 Å². The number of fused-ring (bicyclic) bond motifs is 1. The second kappa shape index (κ2) is 15.2. The van der Waals surface area contributed by atoms with Crippen molar-refractivity contribution >= 4 is 35.0 Å². The van der Waals surface area contributed by atoms with Gasteiger partial charge in [-0.3, -0.25) is 4.79 Å². The zero-order valence-electron chi connectivity index (χ0n) is 26.2. The molecule has 0 spiro atoms. The van der Waals surface area contributed by atoms with Gasteiger partial charge in [0, 0.05) is 42.1 Å². The van der Waals surface area contributed by atoms with Crippen LogP contribution in [-0.2, 0) is 11.2 Å². The molecule has 240 valence electrons. The highest BCUT2D eigenvalue weighted by Crippen LogP contribution is 2.29. The first-order valence-corrected chi connectivity index (χ1v) is 14.7. The number of ether oxygens (including phenoxy) is 3. The average molecular weight is 620 g/mol. The number of nitrogens with one attached hydrogen (secondary N) is 3. The summed E-state index contributed by atoms with van der Waals surface area (Å²) in [4.78, 5) is 42.5. The number of carbonyl (C=O) groups is 3. The first-order valence-electron chi connectivity index (χ1n) is 14.7. The molecule has 0 radical (unpaired) electrons. The molecule has 0 saturated heterocycles. The maximum Gasteiger partial charge on any atom is 0.323 e. The predicted octanol–water partition coefficient (Wildman–Crippen LogP) is 4.66. The van der Waals surface area contributed by atoms with E-state index in [1.54, 1.807) is 99.8 Å². The summed E-state index contributed by atoms with van der Waals surface area (Å²) in [5, 5.41) is 18.4. The number of anilines is 3. The molecule has 0 unspecified atom stereocenters. The lowest BCUT2D eigenvalue weighted by Gasteiger charge is -2.34. The first kappa shape index (κ1) is 32.9. The third kappa shape index (κ3) is 8.79. The minimum atomic E-state index is -0.494. The first-order chi connectivity index (χ1) is 21.6. The van der Waals surface area contributed by atoms with Crippen molar-refractivity contribution in [3.8, 4) is 17.2 Å². The Morgan fingerprint density at radius 1 is 0.956 bits per heavy atom. The van der Waals surface area contributed by atoms with Gasteiger partial charge in [0.25, 0.3) is 0 Å². The van der Waals surface area contributed by atoms with E-state index in [4.69, 9.17) is 14.2 Å². The van der Waals surface area contributed by atoms with Crippen LogP contribution in [0, 0.1) is 5.92 Å². The lowest BCUT2D eigenvalue weighted by molar-refractivity contribution is -0.134. The Bertz CT molecular complexity index is 1470. The summed E-state index contributed by atoms with van der Waals surface area (Å²) in [6.07, 6.45) is -0.491. The van der Waals surface area contributed by atoms with Crippen LogP contribution < -0.4 is 30.2 Å². The molecular formula is C33H41N5O7.